The van der Waals surface area contributed by atoms with Gasteiger partial charge in [-0.2, -0.15) is 0 Å². The van der Waals surface area contributed by atoms with Gasteiger partial charge in [-0.3, -0.25) is 9.36 Å². The lowest BCUT2D eigenvalue weighted by molar-refractivity contribution is 0.615. The van der Waals surface area contributed by atoms with Crippen molar-refractivity contribution in [2.24, 2.45) is 0 Å². The van der Waals surface area contributed by atoms with Gasteiger partial charge >= 0.3 is 0 Å². The van der Waals surface area contributed by atoms with E-state index in [0.29, 0.717) is 26.6 Å². The summed E-state index contributed by atoms with van der Waals surface area (Å²) in [6.07, 6.45) is 2.39. The SMILES string of the molecule is CCCN(CC)c1ccc(-n2cnc3cc(-c4ccc(Cl)cc4)sc3c2=O)cc1F. The fourth-order valence-electron chi connectivity index (χ4n) is 3.47. The second-order valence-corrected chi connectivity index (χ2v) is 8.46. The number of hydrogen-bond donors (Lipinski definition) is 0. The maximum Gasteiger partial charge on any atom is 0.275 e. The van der Waals surface area contributed by atoms with Gasteiger partial charge in [0, 0.05) is 29.1 Å². The van der Waals surface area contributed by atoms with Crippen molar-refractivity contribution in [1.29, 1.82) is 0 Å². The lowest BCUT2D eigenvalue weighted by Gasteiger charge is -2.23. The summed E-state index contributed by atoms with van der Waals surface area (Å²) >= 11 is 7.34. The number of rotatable bonds is 6. The number of anilines is 1. The average Bonchev–Trinajstić information content (AvgIpc) is 3.18. The Kier molecular flexibility index (Phi) is 5.88. The van der Waals surface area contributed by atoms with E-state index in [9.17, 15) is 9.18 Å². The summed E-state index contributed by atoms with van der Waals surface area (Å²) in [4.78, 5) is 20.4. The molecule has 4 rings (SSSR count). The molecule has 7 heteroatoms. The van der Waals surface area contributed by atoms with E-state index in [1.54, 1.807) is 12.1 Å². The summed E-state index contributed by atoms with van der Waals surface area (Å²) in [6.45, 7) is 5.57. The van der Waals surface area contributed by atoms with Crippen molar-refractivity contribution in [3.8, 4) is 16.1 Å². The van der Waals surface area contributed by atoms with Crippen molar-refractivity contribution in [3.05, 3.63) is 76.1 Å². The molecule has 0 aliphatic heterocycles. The normalized spacial score (nSPS) is 11.2. The predicted octanol–water partition coefficient (Wildman–Crippen LogP) is 6.14. The zero-order valence-corrected chi connectivity index (χ0v) is 18.3. The first kappa shape index (κ1) is 20.6. The van der Waals surface area contributed by atoms with E-state index in [1.165, 1.54) is 28.3 Å². The minimum atomic E-state index is -0.345. The largest absolute Gasteiger partial charge is 0.369 e. The second kappa shape index (κ2) is 8.58. The summed E-state index contributed by atoms with van der Waals surface area (Å²) in [5, 5.41) is 0.659. The first-order chi connectivity index (χ1) is 14.5. The summed E-state index contributed by atoms with van der Waals surface area (Å²) in [6, 6.07) is 14.2. The van der Waals surface area contributed by atoms with Crippen LogP contribution in [0.2, 0.25) is 5.02 Å². The fraction of sp³-hybridized carbons (Fsp3) is 0.217. The molecule has 0 saturated carbocycles. The highest BCUT2D eigenvalue weighted by Crippen LogP contribution is 2.32. The van der Waals surface area contributed by atoms with Crippen molar-refractivity contribution in [1.82, 2.24) is 9.55 Å². The summed E-state index contributed by atoms with van der Waals surface area (Å²) in [5.74, 6) is -0.345. The second-order valence-electron chi connectivity index (χ2n) is 6.97. The Morgan fingerprint density at radius 3 is 2.57 bits per heavy atom. The van der Waals surface area contributed by atoms with Gasteiger partial charge in [0.25, 0.3) is 5.56 Å². The highest BCUT2D eigenvalue weighted by molar-refractivity contribution is 7.22. The van der Waals surface area contributed by atoms with Crippen LogP contribution in [0.5, 0.6) is 0 Å². The van der Waals surface area contributed by atoms with Crippen molar-refractivity contribution in [2.45, 2.75) is 20.3 Å². The van der Waals surface area contributed by atoms with Crippen molar-refractivity contribution >= 4 is 38.8 Å². The first-order valence-electron chi connectivity index (χ1n) is 9.83. The number of nitrogens with zero attached hydrogens (tertiary/aromatic N) is 3. The Morgan fingerprint density at radius 1 is 1.13 bits per heavy atom. The zero-order valence-electron chi connectivity index (χ0n) is 16.7. The van der Waals surface area contributed by atoms with E-state index in [4.69, 9.17) is 11.6 Å². The Labute approximate surface area is 183 Å². The van der Waals surface area contributed by atoms with E-state index >= 15 is 0 Å². The number of halogens is 2. The van der Waals surface area contributed by atoms with Crippen LogP contribution in [0.15, 0.2) is 59.7 Å². The molecule has 0 atom stereocenters. The molecule has 0 N–H and O–H groups in total. The molecule has 30 heavy (non-hydrogen) atoms. The molecule has 0 spiro atoms. The van der Waals surface area contributed by atoms with E-state index in [0.717, 1.165) is 30.0 Å². The van der Waals surface area contributed by atoms with Crippen LogP contribution in [0.25, 0.3) is 26.3 Å². The van der Waals surface area contributed by atoms with Gasteiger partial charge in [0.1, 0.15) is 16.8 Å². The molecule has 2 aromatic heterocycles. The smallest absolute Gasteiger partial charge is 0.275 e. The van der Waals surface area contributed by atoms with Gasteiger partial charge in [0.2, 0.25) is 0 Å². The topological polar surface area (TPSA) is 38.1 Å². The molecular weight excluding hydrogens is 421 g/mol. The number of hydrogen-bond acceptors (Lipinski definition) is 4. The van der Waals surface area contributed by atoms with E-state index in [2.05, 4.69) is 11.9 Å². The summed E-state index contributed by atoms with van der Waals surface area (Å²) in [7, 11) is 0. The Morgan fingerprint density at radius 2 is 1.90 bits per heavy atom. The number of fused-ring (bicyclic) bond motifs is 1. The monoisotopic (exact) mass is 441 g/mol. The zero-order chi connectivity index (χ0) is 21.3. The Hall–Kier alpha value is -2.70. The van der Waals surface area contributed by atoms with Crippen molar-refractivity contribution in [3.63, 3.8) is 0 Å². The van der Waals surface area contributed by atoms with Gasteiger partial charge in [-0.15, -0.1) is 11.3 Å². The van der Waals surface area contributed by atoms with Crippen molar-refractivity contribution in [2.75, 3.05) is 18.0 Å². The maximum atomic E-state index is 14.8. The first-order valence-corrected chi connectivity index (χ1v) is 11.0. The molecule has 2 aromatic carbocycles. The molecule has 0 radical (unpaired) electrons. The number of benzene rings is 2. The molecule has 154 valence electrons. The third kappa shape index (κ3) is 3.85. The van der Waals surface area contributed by atoms with Crippen LogP contribution in [0.1, 0.15) is 20.3 Å². The standard InChI is InChI=1S/C23H21ClFN3OS/c1-3-11-27(4-2)20-10-9-17(12-18(20)25)28-14-26-19-13-21(30-22(19)23(28)29)15-5-7-16(24)8-6-15/h5-10,12-14H,3-4,11H2,1-2H3. The molecule has 0 aliphatic carbocycles. The van der Waals surface area contributed by atoms with Crippen LogP contribution in [-0.2, 0) is 0 Å². The fourth-order valence-corrected chi connectivity index (χ4v) is 4.65. The minimum Gasteiger partial charge on any atom is -0.369 e. The van der Waals surface area contributed by atoms with Crippen LogP contribution in [-0.4, -0.2) is 22.6 Å². The Bertz CT molecular complexity index is 1250. The van der Waals surface area contributed by atoms with E-state index < -0.39 is 0 Å². The van der Waals surface area contributed by atoms with Crippen LogP contribution >= 0.6 is 22.9 Å². The van der Waals surface area contributed by atoms with Gasteiger partial charge in [-0.1, -0.05) is 30.7 Å². The lowest BCUT2D eigenvalue weighted by Crippen LogP contribution is -2.25. The highest BCUT2D eigenvalue weighted by Gasteiger charge is 2.14. The maximum absolute atomic E-state index is 14.8. The third-order valence-electron chi connectivity index (χ3n) is 4.99. The van der Waals surface area contributed by atoms with Crippen LogP contribution in [0.4, 0.5) is 10.1 Å². The van der Waals surface area contributed by atoms with Crippen LogP contribution < -0.4 is 10.5 Å². The highest BCUT2D eigenvalue weighted by atomic mass is 35.5. The predicted molar refractivity (Wildman–Crippen MR) is 124 cm³/mol. The van der Waals surface area contributed by atoms with Gasteiger partial charge < -0.3 is 4.90 Å². The summed E-state index contributed by atoms with van der Waals surface area (Å²) < 4.78 is 16.7. The van der Waals surface area contributed by atoms with E-state index in [-0.39, 0.29) is 11.4 Å². The molecule has 4 aromatic rings. The molecule has 0 amide bonds. The molecule has 2 heterocycles. The van der Waals surface area contributed by atoms with Gasteiger partial charge in [0.15, 0.2) is 0 Å². The average molecular weight is 442 g/mol. The van der Waals surface area contributed by atoms with Gasteiger partial charge in [-0.25, -0.2) is 9.37 Å². The molecule has 0 aliphatic rings. The Balaban J connectivity index is 1.74. The molecule has 0 fully saturated rings. The molecule has 0 unspecified atom stereocenters. The molecule has 4 nitrogen and oxygen atoms in total. The molecular formula is C23H21ClFN3OS. The van der Waals surface area contributed by atoms with Crippen molar-refractivity contribution < 1.29 is 4.39 Å². The summed E-state index contributed by atoms with van der Waals surface area (Å²) in [5.41, 5.74) is 2.40. The minimum absolute atomic E-state index is 0.210. The van der Waals surface area contributed by atoms with Crippen LogP contribution in [0, 0.1) is 5.82 Å². The number of thiophene rings is 1. The molecule has 0 saturated heterocycles. The quantitative estimate of drug-likeness (QED) is 0.360. The molecule has 0 bridgehead atoms. The van der Waals surface area contributed by atoms with E-state index in [1.807, 2.05) is 42.2 Å². The lowest BCUT2D eigenvalue weighted by atomic mass is 10.2. The number of aromatic nitrogens is 2. The van der Waals surface area contributed by atoms with Crippen LogP contribution in [0.3, 0.4) is 0 Å². The van der Waals surface area contributed by atoms with Gasteiger partial charge in [-0.05, 0) is 49.2 Å². The third-order valence-corrected chi connectivity index (χ3v) is 6.41. The van der Waals surface area contributed by atoms with Gasteiger partial charge in [0.05, 0.1) is 16.9 Å².